The first-order valence-electron chi connectivity index (χ1n) is 8.74. The van der Waals surface area contributed by atoms with Crippen molar-refractivity contribution in [2.45, 2.75) is 20.3 Å². The normalized spacial score (nSPS) is 10.4. The number of anilines is 2. The van der Waals surface area contributed by atoms with Crippen molar-refractivity contribution in [2.75, 3.05) is 17.7 Å². The lowest BCUT2D eigenvalue weighted by atomic mass is 9.99. The number of carbonyl (C=O) groups excluding carboxylic acids is 2. The number of hydrogen-bond acceptors (Lipinski definition) is 4. The van der Waals surface area contributed by atoms with E-state index in [1.165, 1.54) is 13.2 Å². The number of phenols is 1. The second-order valence-electron chi connectivity index (χ2n) is 6.36. The van der Waals surface area contributed by atoms with Gasteiger partial charge in [0.2, 0.25) is 12.8 Å². The number of aromatic hydroxyl groups is 1. The van der Waals surface area contributed by atoms with Gasteiger partial charge in [0.25, 0.3) is 0 Å². The minimum Gasteiger partial charge on any atom is -0.508 e. The van der Waals surface area contributed by atoms with Crippen LogP contribution in [-0.2, 0) is 16.0 Å². The van der Waals surface area contributed by atoms with Gasteiger partial charge in [-0.1, -0.05) is 29.9 Å². The van der Waals surface area contributed by atoms with E-state index in [2.05, 4.69) is 16.7 Å². The van der Waals surface area contributed by atoms with E-state index in [1.807, 2.05) is 32.1 Å². The summed E-state index contributed by atoms with van der Waals surface area (Å²) >= 11 is 0. The lowest BCUT2D eigenvalue weighted by molar-refractivity contribution is -0.106. The van der Waals surface area contributed by atoms with Crippen LogP contribution in [0.1, 0.15) is 30.5 Å². The molecule has 0 bridgehead atoms. The van der Waals surface area contributed by atoms with E-state index in [-0.39, 0.29) is 5.75 Å². The Kier molecular flexibility index (Phi) is 7.39. The third kappa shape index (κ3) is 5.48. The lowest BCUT2D eigenvalue weighted by Gasteiger charge is -2.12. The van der Waals surface area contributed by atoms with E-state index < -0.39 is 0 Å². The highest BCUT2D eigenvalue weighted by molar-refractivity contribution is 5.82. The third-order valence-corrected chi connectivity index (χ3v) is 4.09. The molecule has 0 aliphatic rings. The van der Waals surface area contributed by atoms with Gasteiger partial charge >= 0.3 is 0 Å². The predicted octanol–water partition coefficient (Wildman–Crippen LogP) is 4.22. The molecule has 6 nitrogen and oxygen atoms in total. The Morgan fingerprint density at radius 1 is 1.04 bits per heavy atom. The van der Waals surface area contributed by atoms with E-state index in [0.717, 1.165) is 22.3 Å². The number of carbonyl (C=O) groups is 2. The van der Waals surface area contributed by atoms with Crippen molar-refractivity contribution in [1.82, 2.24) is 0 Å². The molecule has 2 aromatic carbocycles. The van der Waals surface area contributed by atoms with Crippen LogP contribution in [-0.4, -0.2) is 25.0 Å². The summed E-state index contributed by atoms with van der Waals surface area (Å²) in [4.78, 5) is 21.6. The molecular formula is C22H24N2O4. The summed E-state index contributed by atoms with van der Waals surface area (Å²) in [7, 11) is 1.53. The van der Waals surface area contributed by atoms with Gasteiger partial charge < -0.3 is 20.5 Å². The number of allylic oxidation sites excluding steroid dienone is 2. The largest absolute Gasteiger partial charge is 0.508 e. The summed E-state index contributed by atoms with van der Waals surface area (Å²) < 4.78 is 5.30. The van der Waals surface area contributed by atoms with Gasteiger partial charge in [0.15, 0.2) is 0 Å². The molecule has 0 atom stereocenters. The summed E-state index contributed by atoms with van der Waals surface area (Å²) in [6, 6.07) is 8.57. The summed E-state index contributed by atoms with van der Waals surface area (Å²) in [5, 5.41) is 15.3. The van der Waals surface area contributed by atoms with Crippen LogP contribution in [0.15, 0.2) is 42.0 Å². The lowest BCUT2D eigenvalue weighted by Crippen LogP contribution is -2.01. The van der Waals surface area contributed by atoms with Crippen LogP contribution >= 0.6 is 0 Å². The Morgan fingerprint density at radius 3 is 2.39 bits per heavy atom. The maximum absolute atomic E-state index is 11.0. The van der Waals surface area contributed by atoms with E-state index in [0.29, 0.717) is 36.4 Å². The molecule has 0 saturated heterocycles. The van der Waals surface area contributed by atoms with Gasteiger partial charge in [-0.2, -0.15) is 0 Å². The minimum absolute atomic E-state index is 0.0630. The monoisotopic (exact) mass is 380 g/mol. The molecule has 0 aromatic heterocycles. The number of hydrogen-bond donors (Lipinski definition) is 3. The highest BCUT2D eigenvalue weighted by Crippen LogP contribution is 2.30. The number of amides is 2. The molecule has 28 heavy (non-hydrogen) atoms. The molecule has 0 spiro atoms. The molecule has 0 heterocycles. The average molecular weight is 380 g/mol. The highest BCUT2D eigenvalue weighted by Gasteiger charge is 2.09. The second kappa shape index (κ2) is 9.97. The van der Waals surface area contributed by atoms with Gasteiger partial charge in [0.05, 0.1) is 12.8 Å². The van der Waals surface area contributed by atoms with Crippen LogP contribution < -0.4 is 15.4 Å². The van der Waals surface area contributed by atoms with Gasteiger partial charge in [-0.3, -0.25) is 9.59 Å². The molecule has 0 unspecified atom stereocenters. The van der Waals surface area contributed by atoms with E-state index in [1.54, 1.807) is 18.2 Å². The number of rotatable bonds is 9. The zero-order chi connectivity index (χ0) is 20.5. The maximum Gasteiger partial charge on any atom is 0.211 e. The Balaban J connectivity index is 2.44. The molecule has 0 saturated carbocycles. The molecule has 0 fully saturated rings. The molecule has 3 N–H and O–H groups in total. The number of phenolic OH excluding ortho intramolecular Hbond substituents is 1. The van der Waals surface area contributed by atoms with Crippen LogP contribution in [0.5, 0.6) is 11.5 Å². The Bertz CT molecular complexity index is 913. The third-order valence-electron chi connectivity index (χ3n) is 4.09. The topological polar surface area (TPSA) is 87.7 Å². The van der Waals surface area contributed by atoms with Crippen molar-refractivity contribution in [1.29, 1.82) is 0 Å². The standard InChI is InChI=1S/C22H24N2O4/c1-15(2)4-8-19-17(11-18(27)12-21(19)24-14-26)7-5-16-6-9-20(23-13-25)22(10-16)28-3/h4-7,9-14,27H,8H2,1-3H3,(H,23,25)(H,24,26)/b7-5+. The first-order valence-corrected chi connectivity index (χ1v) is 8.74. The Labute approximate surface area is 164 Å². The Morgan fingerprint density at radius 2 is 1.75 bits per heavy atom. The number of ether oxygens (including phenoxy) is 1. The molecule has 0 aliphatic heterocycles. The average Bonchev–Trinajstić information content (AvgIpc) is 2.66. The van der Waals surface area contributed by atoms with E-state index in [9.17, 15) is 14.7 Å². The first kappa shape index (κ1) is 20.8. The van der Waals surface area contributed by atoms with Gasteiger partial charge in [0, 0.05) is 11.8 Å². The van der Waals surface area contributed by atoms with Crippen molar-refractivity contribution in [3.63, 3.8) is 0 Å². The first-order chi connectivity index (χ1) is 13.5. The van der Waals surface area contributed by atoms with Crippen molar-refractivity contribution < 1.29 is 19.4 Å². The van der Waals surface area contributed by atoms with Crippen molar-refractivity contribution in [3.8, 4) is 11.5 Å². The number of methoxy groups -OCH3 is 1. The molecule has 2 aromatic rings. The van der Waals surface area contributed by atoms with Crippen LogP contribution in [0.25, 0.3) is 12.2 Å². The number of nitrogens with one attached hydrogen (secondary N) is 2. The second-order valence-corrected chi connectivity index (χ2v) is 6.36. The summed E-state index contributed by atoms with van der Waals surface area (Å²) in [5.74, 6) is 0.603. The molecule has 6 heteroatoms. The van der Waals surface area contributed by atoms with Crippen molar-refractivity contribution in [2.24, 2.45) is 0 Å². The Hall–Kier alpha value is -3.54. The molecule has 2 amide bonds. The number of benzene rings is 2. The van der Waals surface area contributed by atoms with Crippen LogP contribution in [0.3, 0.4) is 0 Å². The summed E-state index contributed by atoms with van der Waals surface area (Å²) in [5.41, 5.74) is 4.84. The molecule has 146 valence electrons. The van der Waals surface area contributed by atoms with Gasteiger partial charge in [-0.05, 0) is 55.2 Å². The molecular weight excluding hydrogens is 356 g/mol. The maximum atomic E-state index is 11.0. The predicted molar refractivity (Wildman–Crippen MR) is 113 cm³/mol. The summed E-state index contributed by atoms with van der Waals surface area (Å²) in [6.07, 6.45) is 7.60. The molecule has 2 rings (SSSR count). The van der Waals surface area contributed by atoms with E-state index in [4.69, 9.17) is 4.74 Å². The molecule has 0 aliphatic carbocycles. The molecule has 0 radical (unpaired) electrons. The van der Waals surface area contributed by atoms with Crippen LogP contribution in [0.4, 0.5) is 11.4 Å². The zero-order valence-corrected chi connectivity index (χ0v) is 16.2. The van der Waals surface area contributed by atoms with Gasteiger partial charge in [0.1, 0.15) is 11.5 Å². The highest BCUT2D eigenvalue weighted by atomic mass is 16.5. The van der Waals surface area contributed by atoms with E-state index >= 15 is 0 Å². The van der Waals surface area contributed by atoms with Crippen LogP contribution in [0, 0.1) is 0 Å². The quantitative estimate of drug-likeness (QED) is 0.345. The fourth-order valence-electron chi connectivity index (χ4n) is 2.73. The van der Waals surface area contributed by atoms with Gasteiger partial charge in [-0.15, -0.1) is 0 Å². The smallest absolute Gasteiger partial charge is 0.211 e. The van der Waals surface area contributed by atoms with Gasteiger partial charge in [-0.25, -0.2) is 0 Å². The fourth-order valence-corrected chi connectivity index (χ4v) is 2.73. The zero-order valence-electron chi connectivity index (χ0n) is 16.2. The SMILES string of the molecule is COc1cc(/C=C/c2cc(O)cc(NC=O)c2CC=C(C)C)ccc1NC=O. The summed E-state index contributed by atoms with van der Waals surface area (Å²) in [6.45, 7) is 4.01. The fraction of sp³-hybridized carbons (Fsp3) is 0.182. The van der Waals surface area contributed by atoms with Crippen molar-refractivity contribution in [3.05, 3.63) is 58.7 Å². The van der Waals surface area contributed by atoms with Crippen molar-refractivity contribution >= 4 is 36.3 Å². The minimum atomic E-state index is 0.0630. The van der Waals surface area contributed by atoms with Crippen LogP contribution in [0.2, 0.25) is 0 Å².